The van der Waals surface area contributed by atoms with Gasteiger partial charge in [0.05, 0.1) is 0 Å². The lowest BCUT2D eigenvalue weighted by Crippen LogP contribution is -2.03. The molecule has 0 bridgehead atoms. The maximum absolute atomic E-state index is 13.4. The number of nitrogens with two attached hydrogens (primary N) is 1. The van der Waals surface area contributed by atoms with Gasteiger partial charge in [-0.25, -0.2) is 14.4 Å². The zero-order chi connectivity index (χ0) is 14.0. The van der Waals surface area contributed by atoms with Crippen molar-refractivity contribution >= 4 is 21.7 Å². The van der Waals surface area contributed by atoms with Crippen LogP contribution in [0.15, 0.2) is 28.7 Å². The molecule has 0 unspecified atom stereocenters. The lowest BCUT2D eigenvalue weighted by atomic mass is 10.1. The minimum atomic E-state index is -0.333. The summed E-state index contributed by atoms with van der Waals surface area (Å²) in [4.78, 5) is 8.62. The van der Waals surface area contributed by atoms with E-state index >= 15 is 0 Å². The summed E-state index contributed by atoms with van der Waals surface area (Å²) < 4.78 is 14.1. The van der Waals surface area contributed by atoms with Crippen LogP contribution in [0.2, 0.25) is 0 Å². The molecule has 19 heavy (non-hydrogen) atoms. The van der Waals surface area contributed by atoms with Crippen LogP contribution in [0.1, 0.15) is 19.5 Å². The third-order valence-corrected chi connectivity index (χ3v) is 2.99. The third kappa shape index (κ3) is 3.73. The van der Waals surface area contributed by atoms with E-state index in [0.29, 0.717) is 27.6 Å². The largest absolute Gasteiger partial charge is 0.384 e. The molecule has 100 valence electrons. The molecule has 2 rings (SSSR count). The van der Waals surface area contributed by atoms with Crippen LogP contribution in [0.3, 0.4) is 0 Å². The van der Waals surface area contributed by atoms with Crippen molar-refractivity contribution in [2.45, 2.75) is 20.3 Å². The number of hydrogen-bond donors (Lipinski definition) is 1. The predicted octanol–water partition coefficient (Wildman–Crippen LogP) is 3.83. The summed E-state index contributed by atoms with van der Waals surface area (Å²) in [5.41, 5.74) is 7.28. The molecule has 0 saturated carbocycles. The Hall–Kier alpha value is -1.49. The first-order valence-corrected chi connectivity index (χ1v) is 6.83. The highest BCUT2D eigenvalue weighted by molar-refractivity contribution is 9.10. The van der Waals surface area contributed by atoms with Gasteiger partial charge in [0.15, 0.2) is 5.82 Å². The summed E-state index contributed by atoms with van der Waals surface area (Å²) in [5, 5.41) is 0. The van der Waals surface area contributed by atoms with Gasteiger partial charge in [-0.2, -0.15) is 0 Å². The average Bonchev–Trinajstić information content (AvgIpc) is 2.25. The predicted molar refractivity (Wildman–Crippen MR) is 78.1 cm³/mol. The number of rotatable bonds is 3. The molecule has 0 aliphatic heterocycles. The maximum Gasteiger partial charge on any atom is 0.161 e. The van der Waals surface area contributed by atoms with Gasteiger partial charge in [-0.1, -0.05) is 29.8 Å². The Morgan fingerprint density at radius 3 is 2.58 bits per heavy atom. The standard InChI is InChI=1S/C14H15BrFN3/c1-8(2)3-12-7-13(17)19-14(18-12)9-4-10(15)6-11(16)5-9/h4-8H,3H2,1-2H3,(H2,17,18,19). The highest BCUT2D eigenvalue weighted by Gasteiger charge is 2.09. The van der Waals surface area contributed by atoms with Crippen molar-refractivity contribution in [3.8, 4) is 11.4 Å². The van der Waals surface area contributed by atoms with Gasteiger partial charge in [0.25, 0.3) is 0 Å². The van der Waals surface area contributed by atoms with E-state index in [1.165, 1.54) is 12.1 Å². The average molecular weight is 324 g/mol. The molecule has 0 atom stereocenters. The van der Waals surface area contributed by atoms with Crippen LogP contribution in [0, 0.1) is 11.7 Å². The Morgan fingerprint density at radius 1 is 1.21 bits per heavy atom. The lowest BCUT2D eigenvalue weighted by molar-refractivity contribution is 0.626. The van der Waals surface area contributed by atoms with Crippen LogP contribution in [0.4, 0.5) is 10.2 Å². The summed E-state index contributed by atoms with van der Waals surface area (Å²) in [6, 6.07) is 6.33. The molecule has 0 aliphatic rings. The van der Waals surface area contributed by atoms with Crippen molar-refractivity contribution in [3.63, 3.8) is 0 Å². The van der Waals surface area contributed by atoms with Crippen LogP contribution in [0.25, 0.3) is 11.4 Å². The Bertz CT molecular complexity index is 579. The first-order chi connectivity index (χ1) is 8.94. The summed E-state index contributed by atoms with van der Waals surface area (Å²) in [7, 11) is 0. The molecule has 0 spiro atoms. The van der Waals surface area contributed by atoms with E-state index < -0.39 is 0 Å². The number of benzene rings is 1. The molecule has 2 N–H and O–H groups in total. The van der Waals surface area contributed by atoms with Crippen molar-refractivity contribution in [2.24, 2.45) is 5.92 Å². The van der Waals surface area contributed by atoms with Crippen molar-refractivity contribution in [3.05, 3.63) is 40.2 Å². The molecule has 1 aromatic carbocycles. The first-order valence-electron chi connectivity index (χ1n) is 6.04. The number of anilines is 1. The minimum Gasteiger partial charge on any atom is -0.384 e. The van der Waals surface area contributed by atoms with E-state index in [1.54, 1.807) is 12.1 Å². The van der Waals surface area contributed by atoms with Crippen molar-refractivity contribution < 1.29 is 4.39 Å². The molecule has 1 heterocycles. The number of nitrogens with zero attached hydrogens (tertiary/aromatic N) is 2. The van der Waals surface area contributed by atoms with E-state index in [-0.39, 0.29) is 5.82 Å². The van der Waals surface area contributed by atoms with Crippen molar-refractivity contribution in [2.75, 3.05) is 5.73 Å². The summed E-state index contributed by atoms with van der Waals surface area (Å²) in [6.07, 6.45) is 0.816. The molecule has 0 fully saturated rings. The fourth-order valence-electron chi connectivity index (χ4n) is 1.85. The highest BCUT2D eigenvalue weighted by atomic mass is 79.9. The summed E-state index contributed by atoms with van der Waals surface area (Å²) >= 11 is 3.26. The van der Waals surface area contributed by atoms with Crippen LogP contribution < -0.4 is 5.73 Å². The second-order valence-electron chi connectivity index (χ2n) is 4.86. The van der Waals surface area contributed by atoms with Gasteiger partial charge in [0.2, 0.25) is 0 Å². The topological polar surface area (TPSA) is 51.8 Å². The smallest absolute Gasteiger partial charge is 0.161 e. The van der Waals surface area contributed by atoms with Gasteiger partial charge in [-0.3, -0.25) is 0 Å². The summed E-state index contributed by atoms with van der Waals surface area (Å²) in [5.74, 6) is 0.999. The van der Waals surface area contributed by atoms with Crippen LogP contribution in [-0.2, 0) is 6.42 Å². The molecule has 0 radical (unpaired) electrons. The van der Waals surface area contributed by atoms with E-state index in [2.05, 4.69) is 39.7 Å². The number of nitrogen functional groups attached to an aromatic ring is 1. The van der Waals surface area contributed by atoms with Crippen LogP contribution in [0.5, 0.6) is 0 Å². The molecule has 0 saturated heterocycles. The normalized spacial score (nSPS) is 11.0. The molecule has 3 nitrogen and oxygen atoms in total. The van der Waals surface area contributed by atoms with Gasteiger partial charge >= 0.3 is 0 Å². The first kappa shape index (κ1) is 13.9. The van der Waals surface area contributed by atoms with Crippen molar-refractivity contribution in [1.29, 1.82) is 0 Å². The molecule has 2 aromatic rings. The van der Waals surface area contributed by atoms with Gasteiger partial charge in [-0.05, 0) is 30.5 Å². The minimum absolute atomic E-state index is 0.333. The Labute approximate surface area is 120 Å². The second-order valence-corrected chi connectivity index (χ2v) is 5.78. The highest BCUT2D eigenvalue weighted by Crippen LogP contribution is 2.23. The third-order valence-electron chi connectivity index (χ3n) is 2.54. The molecule has 0 amide bonds. The van der Waals surface area contributed by atoms with Gasteiger partial charge in [-0.15, -0.1) is 0 Å². The van der Waals surface area contributed by atoms with Crippen LogP contribution in [-0.4, -0.2) is 9.97 Å². The molecular weight excluding hydrogens is 309 g/mol. The Kier molecular flexibility index (Phi) is 4.14. The summed E-state index contributed by atoms with van der Waals surface area (Å²) in [6.45, 7) is 4.22. The monoisotopic (exact) mass is 323 g/mol. The fourth-order valence-corrected chi connectivity index (χ4v) is 2.32. The lowest BCUT2D eigenvalue weighted by Gasteiger charge is -2.08. The molecule has 0 aliphatic carbocycles. The quantitative estimate of drug-likeness (QED) is 0.934. The number of halogens is 2. The van der Waals surface area contributed by atoms with Gasteiger partial charge in [0, 0.05) is 21.8 Å². The molecule has 5 heteroatoms. The zero-order valence-corrected chi connectivity index (χ0v) is 12.4. The van der Waals surface area contributed by atoms with E-state index in [0.717, 1.165) is 12.1 Å². The van der Waals surface area contributed by atoms with Crippen LogP contribution >= 0.6 is 15.9 Å². The Balaban J connectivity index is 2.46. The van der Waals surface area contributed by atoms with E-state index in [9.17, 15) is 4.39 Å². The fraction of sp³-hybridized carbons (Fsp3) is 0.286. The Morgan fingerprint density at radius 2 is 1.95 bits per heavy atom. The van der Waals surface area contributed by atoms with E-state index in [1.807, 2.05) is 0 Å². The SMILES string of the molecule is CC(C)Cc1cc(N)nc(-c2cc(F)cc(Br)c2)n1. The molecular formula is C14H15BrFN3. The van der Waals surface area contributed by atoms with Gasteiger partial charge < -0.3 is 5.73 Å². The zero-order valence-electron chi connectivity index (χ0n) is 10.8. The number of hydrogen-bond acceptors (Lipinski definition) is 3. The number of aromatic nitrogens is 2. The second kappa shape index (κ2) is 5.65. The molecule has 1 aromatic heterocycles. The van der Waals surface area contributed by atoms with E-state index in [4.69, 9.17) is 5.73 Å². The maximum atomic E-state index is 13.4. The van der Waals surface area contributed by atoms with Gasteiger partial charge in [0.1, 0.15) is 11.6 Å². The van der Waals surface area contributed by atoms with Crippen molar-refractivity contribution in [1.82, 2.24) is 9.97 Å².